The van der Waals surface area contributed by atoms with Crippen LogP contribution in [-0.4, -0.2) is 32.0 Å². The summed E-state index contributed by atoms with van der Waals surface area (Å²) in [6.07, 6.45) is 0.604. The van der Waals surface area contributed by atoms with Crippen LogP contribution in [0.3, 0.4) is 0 Å². The molecule has 0 aromatic carbocycles. The summed E-state index contributed by atoms with van der Waals surface area (Å²) in [6.45, 7) is 1.85. The summed E-state index contributed by atoms with van der Waals surface area (Å²) in [6, 6.07) is 0. The van der Waals surface area contributed by atoms with Crippen molar-refractivity contribution >= 4 is 5.91 Å². The molecular formula is C6H16N2O. The molecular weight excluding hydrogens is 116 g/mol. The Labute approximate surface area is 56.8 Å². The van der Waals surface area contributed by atoms with Gasteiger partial charge in [-0.3, -0.25) is 4.79 Å². The molecule has 0 atom stereocenters. The molecule has 0 radical (unpaired) electrons. The fourth-order valence-electron chi connectivity index (χ4n) is 0.316. The van der Waals surface area contributed by atoms with Crippen LogP contribution in [-0.2, 0) is 4.79 Å². The number of rotatable bonds is 1. The minimum absolute atomic E-state index is 0.181. The van der Waals surface area contributed by atoms with E-state index in [2.05, 4.69) is 5.73 Å². The van der Waals surface area contributed by atoms with Gasteiger partial charge in [-0.1, -0.05) is 6.92 Å². The molecule has 0 spiro atoms. The van der Waals surface area contributed by atoms with Crippen LogP contribution in [0.2, 0.25) is 0 Å². The standard InChI is InChI=1S/C5H11NO.CH5N/c1-4-5(7)6(2)3;1-2/h4H2,1-3H3;2H2,1H3. The maximum atomic E-state index is 10.4. The SMILES string of the molecule is CCC(=O)N(C)C.CN. The molecule has 0 bridgehead atoms. The first kappa shape index (κ1) is 11.3. The van der Waals surface area contributed by atoms with Crippen LogP contribution in [0.5, 0.6) is 0 Å². The van der Waals surface area contributed by atoms with Gasteiger partial charge in [-0.2, -0.15) is 0 Å². The topological polar surface area (TPSA) is 46.3 Å². The maximum Gasteiger partial charge on any atom is 0.221 e. The van der Waals surface area contributed by atoms with Crippen molar-refractivity contribution in [2.24, 2.45) is 5.73 Å². The molecule has 0 aliphatic carbocycles. The van der Waals surface area contributed by atoms with Gasteiger partial charge in [0.05, 0.1) is 0 Å². The summed E-state index contributed by atoms with van der Waals surface area (Å²) in [5, 5.41) is 0. The quantitative estimate of drug-likeness (QED) is 0.548. The zero-order valence-corrected chi connectivity index (χ0v) is 6.64. The highest BCUT2D eigenvalue weighted by Crippen LogP contribution is 1.81. The first-order valence-electron chi connectivity index (χ1n) is 2.96. The molecule has 9 heavy (non-hydrogen) atoms. The van der Waals surface area contributed by atoms with Gasteiger partial charge in [0.1, 0.15) is 0 Å². The van der Waals surface area contributed by atoms with Crippen molar-refractivity contribution in [1.29, 1.82) is 0 Å². The van der Waals surface area contributed by atoms with Crippen LogP contribution in [0, 0.1) is 0 Å². The van der Waals surface area contributed by atoms with Gasteiger partial charge in [-0.25, -0.2) is 0 Å². The van der Waals surface area contributed by atoms with Gasteiger partial charge in [-0.15, -0.1) is 0 Å². The first-order chi connectivity index (χ1) is 4.18. The Morgan fingerprint density at radius 2 is 1.78 bits per heavy atom. The van der Waals surface area contributed by atoms with Crippen LogP contribution in [0.1, 0.15) is 13.3 Å². The number of carbonyl (C=O) groups excluding carboxylic acids is 1. The maximum absolute atomic E-state index is 10.4. The third-order valence-electron chi connectivity index (χ3n) is 0.801. The highest BCUT2D eigenvalue weighted by Gasteiger charge is 1.95. The van der Waals surface area contributed by atoms with Gasteiger partial charge in [0, 0.05) is 20.5 Å². The fraction of sp³-hybridized carbons (Fsp3) is 0.833. The van der Waals surface area contributed by atoms with Crippen LogP contribution in [0.4, 0.5) is 0 Å². The lowest BCUT2D eigenvalue weighted by atomic mass is 10.4. The van der Waals surface area contributed by atoms with E-state index in [9.17, 15) is 4.79 Å². The average molecular weight is 132 g/mol. The van der Waals surface area contributed by atoms with E-state index in [0.717, 1.165) is 0 Å². The van der Waals surface area contributed by atoms with E-state index >= 15 is 0 Å². The number of hydrogen-bond acceptors (Lipinski definition) is 2. The highest BCUT2D eigenvalue weighted by atomic mass is 16.2. The van der Waals surface area contributed by atoms with Crippen molar-refractivity contribution in [2.45, 2.75) is 13.3 Å². The van der Waals surface area contributed by atoms with Gasteiger partial charge in [0.25, 0.3) is 0 Å². The Morgan fingerprint density at radius 1 is 1.44 bits per heavy atom. The molecule has 0 rings (SSSR count). The number of nitrogens with two attached hydrogens (primary N) is 1. The van der Waals surface area contributed by atoms with Crippen molar-refractivity contribution in [3.05, 3.63) is 0 Å². The Morgan fingerprint density at radius 3 is 1.78 bits per heavy atom. The molecule has 0 aliphatic heterocycles. The third kappa shape index (κ3) is 7.43. The summed E-state index contributed by atoms with van der Waals surface area (Å²) in [5.74, 6) is 0.181. The lowest BCUT2D eigenvalue weighted by molar-refractivity contribution is -0.128. The number of hydrogen-bond donors (Lipinski definition) is 1. The third-order valence-corrected chi connectivity index (χ3v) is 0.801. The smallest absolute Gasteiger partial charge is 0.221 e. The summed E-state index contributed by atoms with van der Waals surface area (Å²) < 4.78 is 0. The Balaban J connectivity index is 0. The molecule has 0 unspecified atom stereocenters. The fourth-order valence-corrected chi connectivity index (χ4v) is 0.316. The van der Waals surface area contributed by atoms with Crippen molar-refractivity contribution in [1.82, 2.24) is 4.90 Å². The van der Waals surface area contributed by atoms with E-state index in [0.29, 0.717) is 6.42 Å². The molecule has 0 fully saturated rings. The Bertz CT molecular complexity index is 71.5. The normalized spacial score (nSPS) is 7.22. The average Bonchev–Trinajstić information content (AvgIpc) is 1.91. The number of nitrogens with zero attached hydrogens (tertiary/aromatic N) is 1. The van der Waals surface area contributed by atoms with E-state index in [4.69, 9.17) is 0 Å². The molecule has 0 aromatic rings. The number of carbonyl (C=O) groups is 1. The molecule has 0 saturated carbocycles. The van der Waals surface area contributed by atoms with Crippen LogP contribution >= 0.6 is 0 Å². The zero-order chi connectivity index (χ0) is 7.86. The summed E-state index contributed by atoms with van der Waals surface area (Å²) in [4.78, 5) is 12.0. The molecule has 0 aliphatic rings. The van der Waals surface area contributed by atoms with Crippen LogP contribution < -0.4 is 5.73 Å². The molecule has 56 valence electrons. The van der Waals surface area contributed by atoms with Gasteiger partial charge in [-0.05, 0) is 7.05 Å². The zero-order valence-electron chi connectivity index (χ0n) is 6.64. The number of amides is 1. The predicted octanol–water partition coefficient (Wildman–Crippen LogP) is 0.0595. The van der Waals surface area contributed by atoms with Crippen molar-refractivity contribution in [2.75, 3.05) is 21.1 Å². The second-order valence-corrected chi connectivity index (χ2v) is 1.64. The summed E-state index contributed by atoms with van der Waals surface area (Å²) in [5.41, 5.74) is 4.50. The molecule has 3 nitrogen and oxygen atoms in total. The molecule has 1 amide bonds. The minimum Gasteiger partial charge on any atom is -0.349 e. The van der Waals surface area contributed by atoms with Gasteiger partial charge < -0.3 is 10.6 Å². The second-order valence-electron chi connectivity index (χ2n) is 1.64. The monoisotopic (exact) mass is 132 g/mol. The van der Waals surface area contributed by atoms with E-state index in [1.165, 1.54) is 7.05 Å². The molecule has 0 heterocycles. The Hall–Kier alpha value is -0.570. The summed E-state index contributed by atoms with van der Waals surface area (Å²) in [7, 11) is 5.01. The van der Waals surface area contributed by atoms with Crippen molar-refractivity contribution in [3.63, 3.8) is 0 Å². The molecule has 0 saturated heterocycles. The van der Waals surface area contributed by atoms with E-state index in [-0.39, 0.29) is 5.91 Å². The van der Waals surface area contributed by atoms with Gasteiger partial charge in [0.2, 0.25) is 5.91 Å². The van der Waals surface area contributed by atoms with Gasteiger partial charge >= 0.3 is 0 Å². The van der Waals surface area contributed by atoms with Crippen LogP contribution in [0.25, 0.3) is 0 Å². The Kier molecular flexibility index (Phi) is 9.29. The first-order valence-corrected chi connectivity index (χ1v) is 2.96. The predicted molar refractivity (Wildman–Crippen MR) is 39.1 cm³/mol. The lowest BCUT2D eigenvalue weighted by Crippen LogP contribution is -2.19. The van der Waals surface area contributed by atoms with E-state index in [1.807, 2.05) is 6.92 Å². The minimum atomic E-state index is 0.181. The molecule has 0 aromatic heterocycles. The van der Waals surface area contributed by atoms with Crippen LogP contribution in [0.15, 0.2) is 0 Å². The summed E-state index contributed by atoms with van der Waals surface area (Å²) >= 11 is 0. The largest absolute Gasteiger partial charge is 0.349 e. The van der Waals surface area contributed by atoms with E-state index < -0.39 is 0 Å². The molecule has 3 heteroatoms. The van der Waals surface area contributed by atoms with Crippen molar-refractivity contribution < 1.29 is 4.79 Å². The van der Waals surface area contributed by atoms with E-state index in [1.54, 1.807) is 19.0 Å². The lowest BCUT2D eigenvalue weighted by Gasteiger charge is -2.05. The second kappa shape index (κ2) is 7.43. The van der Waals surface area contributed by atoms with Gasteiger partial charge in [0.15, 0.2) is 0 Å². The molecule has 2 N–H and O–H groups in total. The highest BCUT2D eigenvalue weighted by molar-refractivity contribution is 5.75. The van der Waals surface area contributed by atoms with Crippen molar-refractivity contribution in [3.8, 4) is 0 Å².